The van der Waals surface area contributed by atoms with Gasteiger partial charge in [-0.2, -0.15) is 5.10 Å². The first-order chi connectivity index (χ1) is 17.1. The van der Waals surface area contributed by atoms with Crippen LogP contribution >= 0.6 is 0 Å². The Morgan fingerprint density at radius 3 is 2.57 bits per heavy atom. The molecule has 1 aliphatic heterocycles. The molecule has 2 aromatic rings. The van der Waals surface area contributed by atoms with Gasteiger partial charge in [-0.05, 0) is 49.6 Å². The van der Waals surface area contributed by atoms with Gasteiger partial charge in [0.25, 0.3) is 11.8 Å². The van der Waals surface area contributed by atoms with Gasteiger partial charge in [-0.1, -0.05) is 18.2 Å². The molecule has 1 fully saturated rings. The number of morpholine rings is 1. The highest BCUT2D eigenvalue weighted by Crippen LogP contribution is 2.22. The molecule has 1 aliphatic rings. The quantitative estimate of drug-likeness (QED) is 0.274. The molecule has 9 nitrogen and oxygen atoms in total. The number of hydrogen-bond acceptors (Lipinski definition) is 7. The molecule has 2 aromatic carbocycles. The fourth-order valence-corrected chi connectivity index (χ4v) is 3.91. The van der Waals surface area contributed by atoms with Gasteiger partial charge in [0.1, 0.15) is 11.5 Å². The van der Waals surface area contributed by atoms with Crippen LogP contribution in [0.4, 0.5) is 0 Å². The Kier molecular flexibility index (Phi) is 10.5. The lowest BCUT2D eigenvalue weighted by molar-refractivity contribution is -0.128. The van der Waals surface area contributed by atoms with Crippen LogP contribution in [0.15, 0.2) is 53.6 Å². The summed E-state index contributed by atoms with van der Waals surface area (Å²) in [5, 5.41) is 7.10. The predicted molar refractivity (Wildman–Crippen MR) is 134 cm³/mol. The Labute approximate surface area is 206 Å². The molecule has 2 amide bonds. The second-order valence-corrected chi connectivity index (χ2v) is 8.12. The van der Waals surface area contributed by atoms with Crippen LogP contribution < -0.4 is 20.2 Å². The number of methoxy groups -OCH3 is 2. The van der Waals surface area contributed by atoms with Gasteiger partial charge in [-0.15, -0.1) is 0 Å². The van der Waals surface area contributed by atoms with Crippen molar-refractivity contribution in [2.24, 2.45) is 5.10 Å². The number of rotatable bonds is 12. The van der Waals surface area contributed by atoms with Crippen molar-refractivity contribution in [3.8, 4) is 11.5 Å². The van der Waals surface area contributed by atoms with Crippen molar-refractivity contribution in [2.75, 3.05) is 47.1 Å². The molecule has 1 atom stereocenters. The first-order valence-corrected chi connectivity index (χ1v) is 11.8. The lowest BCUT2D eigenvalue weighted by Gasteiger charge is -2.33. The molecule has 9 heteroatoms. The number of hydrazone groups is 1. The van der Waals surface area contributed by atoms with Crippen LogP contribution in [0.2, 0.25) is 0 Å². The molecule has 1 saturated heterocycles. The lowest BCUT2D eigenvalue weighted by Crippen LogP contribution is -2.50. The van der Waals surface area contributed by atoms with Gasteiger partial charge >= 0.3 is 0 Å². The number of nitrogens with one attached hydrogen (secondary N) is 2. The van der Waals surface area contributed by atoms with Gasteiger partial charge in [-0.25, -0.2) is 5.43 Å². The minimum Gasteiger partial charge on any atom is -0.497 e. The summed E-state index contributed by atoms with van der Waals surface area (Å²) < 4.78 is 16.1. The van der Waals surface area contributed by atoms with E-state index >= 15 is 0 Å². The molecule has 188 valence electrons. The topological polar surface area (TPSA) is 101 Å². The third-order valence-electron chi connectivity index (χ3n) is 5.83. The van der Waals surface area contributed by atoms with Gasteiger partial charge in [0, 0.05) is 30.8 Å². The number of hydrogen-bond donors (Lipinski definition) is 2. The number of ether oxygens (including phenoxy) is 3. The van der Waals surface area contributed by atoms with Crippen LogP contribution in [-0.2, 0) is 9.53 Å². The van der Waals surface area contributed by atoms with Crippen molar-refractivity contribution in [1.29, 1.82) is 0 Å². The Bertz CT molecular complexity index is 977. The summed E-state index contributed by atoms with van der Waals surface area (Å²) in [6, 6.07) is 14.2. The SMILES string of the molecule is COc1ccc(OC)c(/C=N/NC(=O)[C@@H](CCCCNC(=O)c2ccccc2)N2CCOCC2)c1. The number of carbonyl (C=O) groups is 2. The van der Waals surface area contributed by atoms with E-state index in [9.17, 15) is 9.59 Å². The fourth-order valence-electron chi connectivity index (χ4n) is 3.91. The molecule has 0 saturated carbocycles. The fraction of sp³-hybridized carbons (Fsp3) is 0.423. The largest absolute Gasteiger partial charge is 0.497 e. The van der Waals surface area contributed by atoms with Crippen molar-refractivity contribution in [1.82, 2.24) is 15.6 Å². The summed E-state index contributed by atoms with van der Waals surface area (Å²) in [6.07, 6.45) is 3.77. The van der Waals surface area contributed by atoms with Crippen LogP contribution in [0.1, 0.15) is 35.2 Å². The first kappa shape index (κ1) is 26.2. The van der Waals surface area contributed by atoms with Gasteiger partial charge in [-0.3, -0.25) is 14.5 Å². The van der Waals surface area contributed by atoms with Crippen molar-refractivity contribution in [3.63, 3.8) is 0 Å². The zero-order valence-corrected chi connectivity index (χ0v) is 20.4. The number of unbranched alkanes of at least 4 members (excludes halogenated alkanes) is 1. The lowest BCUT2D eigenvalue weighted by atomic mass is 10.1. The maximum absolute atomic E-state index is 13.0. The number of carbonyl (C=O) groups excluding carboxylic acids is 2. The molecular formula is C26H34N4O5. The molecule has 0 bridgehead atoms. The van der Waals surface area contributed by atoms with Gasteiger partial charge in [0.05, 0.1) is 39.7 Å². The highest BCUT2D eigenvalue weighted by atomic mass is 16.5. The number of benzene rings is 2. The van der Waals surface area contributed by atoms with E-state index in [-0.39, 0.29) is 17.9 Å². The van der Waals surface area contributed by atoms with Crippen LogP contribution in [0.25, 0.3) is 0 Å². The summed E-state index contributed by atoms with van der Waals surface area (Å²) in [5.41, 5.74) is 4.02. The minimum atomic E-state index is -0.326. The van der Waals surface area contributed by atoms with Crippen molar-refractivity contribution in [3.05, 3.63) is 59.7 Å². The molecule has 3 rings (SSSR count). The molecule has 0 spiro atoms. The van der Waals surface area contributed by atoms with E-state index in [2.05, 4.69) is 20.7 Å². The maximum Gasteiger partial charge on any atom is 0.257 e. The van der Waals surface area contributed by atoms with Crippen LogP contribution in [0, 0.1) is 0 Å². The summed E-state index contributed by atoms with van der Waals surface area (Å²) in [5.74, 6) is 1.05. The molecule has 2 N–H and O–H groups in total. The number of amides is 2. The third-order valence-corrected chi connectivity index (χ3v) is 5.83. The summed E-state index contributed by atoms with van der Waals surface area (Å²) >= 11 is 0. The number of nitrogens with zero attached hydrogens (tertiary/aromatic N) is 2. The predicted octanol–water partition coefficient (Wildman–Crippen LogP) is 2.45. The van der Waals surface area contributed by atoms with E-state index in [0.717, 1.165) is 12.8 Å². The zero-order chi connectivity index (χ0) is 24.9. The zero-order valence-electron chi connectivity index (χ0n) is 20.4. The third kappa shape index (κ3) is 8.08. The van der Waals surface area contributed by atoms with Crippen molar-refractivity contribution < 1.29 is 23.8 Å². The summed E-state index contributed by atoms with van der Waals surface area (Å²) in [6.45, 7) is 3.13. The molecule has 0 radical (unpaired) electrons. The van der Waals surface area contributed by atoms with E-state index in [0.29, 0.717) is 61.9 Å². The van der Waals surface area contributed by atoms with Gasteiger partial charge in [0.2, 0.25) is 0 Å². The summed E-state index contributed by atoms with van der Waals surface area (Å²) in [4.78, 5) is 27.4. The molecule has 0 aromatic heterocycles. The van der Waals surface area contributed by atoms with Crippen molar-refractivity contribution in [2.45, 2.75) is 25.3 Å². The van der Waals surface area contributed by atoms with Crippen LogP contribution in [0.3, 0.4) is 0 Å². The molecule has 0 unspecified atom stereocenters. The van der Waals surface area contributed by atoms with E-state index in [1.807, 2.05) is 18.2 Å². The second-order valence-electron chi connectivity index (χ2n) is 8.12. The molecule has 1 heterocycles. The Morgan fingerprint density at radius 1 is 1.09 bits per heavy atom. The van der Waals surface area contributed by atoms with Crippen molar-refractivity contribution >= 4 is 18.0 Å². The average Bonchev–Trinajstić information content (AvgIpc) is 2.91. The van der Waals surface area contributed by atoms with Crippen LogP contribution in [-0.4, -0.2) is 76.0 Å². The molecule has 35 heavy (non-hydrogen) atoms. The van der Waals surface area contributed by atoms with E-state index in [1.165, 1.54) is 0 Å². The van der Waals surface area contributed by atoms with Gasteiger partial charge < -0.3 is 19.5 Å². The molecular weight excluding hydrogens is 448 g/mol. The Morgan fingerprint density at radius 2 is 1.86 bits per heavy atom. The standard InChI is InChI=1S/C26H34N4O5/c1-33-22-11-12-24(34-2)21(18-22)19-28-29-26(32)23(30-14-16-35-17-15-30)10-6-7-13-27-25(31)20-8-4-3-5-9-20/h3-5,8-9,11-12,18-19,23H,6-7,10,13-17H2,1-2H3,(H,27,31)(H,29,32)/b28-19+/t23-/m1/s1. The highest BCUT2D eigenvalue weighted by Gasteiger charge is 2.27. The monoisotopic (exact) mass is 482 g/mol. The van der Waals surface area contributed by atoms with Gasteiger partial charge in [0.15, 0.2) is 0 Å². The minimum absolute atomic E-state index is 0.0876. The first-order valence-electron chi connectivity index (χ1n) is 11.8. The Hall–Kier alpha value is -3.43. The van der Waals surface area contributed by atoms with Crippen LogP contribution in [0.5, 0.6) is 11.5 Å². The highest BCUT2D eigenvalue weighted by molar-refractivity contribution is 5.94. The Balaban J connectivity index is 1.53. The maximum atomic E-state index is 13.0. The summed E-state index contributed by atoms with van der Waals surface area (Å²) in [7, 11) is 3.17. The normalized spacial score (nSPS) is 14.9. The van der Waals surface area contributed by atoms with E-state index in [4.69, 9.17) is 14.2 Å². The van der Waals surface area contributed by atoms with E-state index in [1.54, 1.807) is 50.8 Å². The average molecular weight is 483 g/mol. The smallest absolute Gasteiger partial charge is 0.257 e. The molecule has 0 aliphatic carbocycles. The van der Waals surface area contributed by atoms with E-state index < -0.39 is 0 Å². The second kappa shape index (κ2) is 14.1.